The standard InChI is InChI=1S/C16H23BrN2O/c1-11(2)14(18)15(20)19-10-16(8-3-9-16)12-4-6-13(17)7-5-12/h4-7,11,14H,3,8-10,18H2,1-2H3,(H,19,20)/t14-/m0/s1. The largest absolute Gasteiger partial charge is 0.354 e. The lowest BCUT2D eigenvalue weighted by atomic mass is 9.64. The highest BCUT2D eigenvalue weighted by molar-refractivity contribution is 9.10. The van der Waals surface area contributed by atoms with Crippen molar-refractivity contribution in [2.75, 3.05) is 6.54 Å². The van der Waals surface area contributed by atoms with E-state index in [2.05, 4.69) is 45.5 Å². The highest BCUT2D eigenvalue weighted by Gasteiger charge is 2.39. The van der Waals surface area contributed by atoms with Crippen LogP contribution in [0.15, 0.2) is 28.7 Å². The normalized spacial score (nSPS) is 18.4. The van der Waals surface area contributed by atoms with Crippen LogP contribution >= 0.6 is 15.9 Å². The zero-order valence-electron chi connectivity index (χ0n) is 12.2. The molecule has 4 heteroatoms. The molecule has 110 valence electrons. The maximum atomic E-state index is 12.0. The maximum absolute atomic E-state index is 12.0. The van der Waals surface area contributed by atoms with Gasteiger partial charge in [-0.15, -0.1) is 0 Å². The number of hydrogen-bond donors (Lipinski definition) is 2. The topological polar surface area (TPSA) is 55.1 Å². The van der Waals surface area contributed by atoms with Gasteiger partial charge in [0.25, 0.3) is 0 Å². The van der Waals surface area contributed by atoms with Gasteiger partial charge in [-0.1, -0.05) is 48.3 Å². The van der Waals surface area contributed by atoms with E-state index < -0.39 is 6.04 Å². The van der Waals surface area contributed by atoms with E-state index in [9.17, 15) is 4.79 Å². The lowest BCUT2D eigenvalue weighted by molar-refractivity contribution is -0.123. The molecule has 1 amide bonds. The number of nitrogens with two attached hydrogens (primary N) is 1. The Morgan fingerprint density at radius 3 is 2.40 bits per heavy atom. The number of amides is 1. The fourth-order valence-corrected chi connectivity index (χ4v) is 2.92. The highest BCUT2D eigenvalue weighted by Crippen LogP contribution is 2.43. The van der Waals surface area contributed by atoms with Crippen molar-refractivity contribution in [3.05, 3.63) is 34.3 Å². The SMILES string of the molecule is CC(C)[C@H](N)C(=O)NCC1(c2ccc(Br)cc2)CCC1. The van der Waals surface area contributed by atoms with Gasteiger partial charge in [0, 0.05) is 16.4 Å². The summed E-state index contributed by atoms with van der Waals surface area (Å²) in [6.45, 7) is 4.63. The average Bonchev–Trinajstić information content (AvgIpc) is 2.38. The average molecular weight is 339 g/mol. The van der Waals surface area contributed by atoms with Crippen molar-refractivity contribution in [2.45, 2.75) is 44.6 Å². The third-order valence-corrected chi connectivity index (χ3v) is 4.92. The summed E-state index contributed by atoms with van der Waals surface area (Å²) in [5.74, 6) is 0.128. The van der Waals surface area contributed by atoms with Crippen LogP contribution in [0.25, 0.3) is 0 Å². The number of halogens is 1. The van der Waals surface area contributed by atoms with Gasteiger partial charge in [0.05, 0.1) is 6.04 Å². The number of nitrogens with one attached hydrogen (secondary N) is 1. The monoisotopic (exact) mass is 338 g/mol. The van der Waals surface area contributed by atoms with Crippen molar-refractivity contribution < 1.29 is 4.79 Å². The molecule has 3 nitrogen and oxygen atoms in total. The number of carbonyl (C=O) groups excluding carboxylic acids is 1. The molecule has 1 aromatic rings. The quantitative estimate of drug-likeness (QED) is 0.867. The van der Waals surface area contributed by atoms with Crippen LogP contribution < -0.4 is 11.1 Å². The van der Waals surface area contributed by atoms with Crippen LogP contribution in [0.1, 0.15) is 38.7 Å². The first-order valence-electron chi connectivity index (χ1n) is 7.24. The lowest BCUT2D eigenvalue weighted by Gasteiger charge is -2.43. The number of rotatable bonds is 5. The molecule has 1 atom stereocenters. The Kier molecular flexibility index (Phi) is 4.86. The van der Waals surface area contributed by atoms with Gasteiger partial charge in [0.15, 0.2) is 0 Å². The molecular weight excluding hydrogens is 316 g/mol. The van der Waals surface area contributed by atoms with Crippen molar-refractivity contribution in [1.29, 1.82) is 0 Å². The van der Waals surface area contributed by atoms with Crippen LogP contribution in [0.3, 0.4) is 0 Å². The first-order chi connectivity index (χ1) is 9.44. The lowest BCUT2D eigenvalue weighted by Crippen LogP contribution is -2.51. The van der Waals surface area contributed by atoms with Crippen molar-refractivity contribution >= 4 is 21.8 Å². The summed E-state index contributed by atoms with van der Waals surface area (Å²) < 4.78 is 1.08. The summed E-state index contributed by atoms with van der Waals surface area (Å²) in [6, 6.07) is 8.01. The van der Waals surface area contributed by atoms with Crippen molar-refractivity contribution in [2.24, 2.45) is 11.7 Å². The van der Waals surface area contributed by atoms with Gasteiger partial charge in [-0.25, -0.2) is 0 Å². The highest BCUT2D eigenvalue weighted by atomic mass is 79.9. The fourth-order valence-electron chi connectivity index (χ4n) is 2.65. The van der Waals surface area contributed by atoms with Crippen molar-refractivity contribution in [3.63, 3.8) is 0 Å². The molecule has 0 heterocycles. The Balaban J connectivity index is 2.02. The minimum atomic E-state index is -0.419. The van der Waals surface area contributed by atoms with Gasteiger partial charge in [0.1, 0.15) is 0 Å². The van der Waals surface area contributed by atoms with E-state index in [-0.39, 0.29) is 17.2 Å². The van der Waals surface area contributed by atoms with Crippen LogP contribution in [-0.2, 0) is 10.2 Å². The molecule has 2 rings (SSSR count). The summed E-state index contributed by atoms with van der Waals surface area (Å²) in [7, 11) is 0. The van der Waals surface area contributed by atoms with E-state index >= 15 is 0 Å². The third-order valence-electron chi connectivity index (χ3n) is 4.39. The fraction of sp³-hybridized carbons (Fsp3) is 0.562. The first-order valence-corrected chi connectivity index (χ1v) is 8.03. The minimum absolute atomic E-state index is 0.0385. The molecule has 3 N–H and O–H groups in total. The zero-order chi connectivity index (χ0) is 14.8. The maximum Gasteiger partial charge on any atom is 0.237 e. The third kappa shape index (κ3) is 3.23. The molecule has 0 radical (unpaired) electrons. The molecule has 1 aliphatic rings. The molecule has 1 aromatic carbocycles. The molecule has 0 aromatic heterocycles. The van der Waals surface area contributed by atoms with E-state index in [1.54, 1.807) is 0 Å². The molecule has 0 bridgehead atoms. The van der Waals surface area contributed by atoms with Gasteiger partial charge >= 0.3 is 0 Å². The van der Waals surface area contributed by atoms with Gasteiger partial charge in [-0.05, 0) is 36.5 Å². The number of benzene rings is 1. The van der Waals surface area contributed by atoms with E-state index in [4.69, 9.17) is 5.73 Å². The molecule has 1 saturated carbocycles. The van der Waals surface area contributed by atoms with Gasteiger partial charge in [-0.3, -0.25) is 4.79 Å². The number of hydrogen-bond acceptors (Lipinski definition) is 2. The summed E-state index contributed by atoms with van der Waals surface area (Å²) >= 11 is 3.46. The first kappa shape index (κ1) is 15.5. The summed E-state index contributed by atoms with van der Waals surface area (Å²) in [5.41, 5.74) is 7.30. The summed E-state index contributed by atoms with van der Waals surface area (Å²) in [6.07, 6.45) is 3.49. The summed E-state index contributed by atoms with van der Waals surface area (Å²) in [5, 5.41) is 3.04. The van der Waals surface area contributed by atoms with Crippen LogP contribution in [0.2, 0.25) is 0 Å². The molecule has 20 heavy (non-hydrogen) atoms. The second-order valence-corrected chi connectivity index (χ2v) is 7.04. The van der Waals surface area contributed by atoms with Crippen molar-refractivity contribution in [3.8, 4) is 0 Å². The molecule has 0 unspecified atom stereocenters. The second kappa shape index (κ2) is 6.27. The van der Waals surface area contributed by atoms with E-state index in [1.165, 1.54) is 12.0 Å². The Bertz CT molecular complexity index is 466. The molecule has 0 spiro atoms. The molecule has 1 fully saturated rings. The van der Waals surface area contributed by atoms with Crippen LogP contribution in [0, 0.1) is 5.92 Å². The van der Waals surface area contributed by atoms with E-state index in [0.717, 1.165) is 17.3 Å². The van der Waals surface area contributed by atoms with Gasteiger partial charge in [-0.2, -0.15) is 0 Å². The van der Waals surface area contributed by atoms with Gasteiger partial charge in [0.2, 0.25) is 5.91 Å². The Morgan fingerprint density at radius 2 is 1.95 bits per heavy atom. The Morgan fingerprint density at radius 1 is 1.35 bits per heavy atom. The smallest absolute Gasteiger partial charge is 0.237 e. The van der Waals surface area contributed by atoms with Crippen LogP contribution in [0.5, 0.6) is 0 Å². The predicted octanol–water partition coefficient (Wildman–Crippen LogP) is 2.97. The van der Waals surface area contributed by atoms with Crippen LogP contribution in [-0.4, -0.2) is 18.5 Å². The molecular formula is C16H23BrN2O. The van der Waals surface area contributed by atoms with Crippen molar-refractivity contribution in [1.82, 2.24) is 5.32 Å². The van der Waals surface area contributed by atoms with Gasteiger partial charge < -0.3 is 11.1 Å². The van der Waals surface area contributed by atoms with Crippen LogP contribution in [0.4, 0.5) is 0 Å². The molecule has 0 aliphatic heterocycles. The second-order valence-electron chi connectivity index (χ2n) is 6.13. The van der Waals surface area contributed by atoms with E-state index in [0.29, 0.717) is 6.54 Å². The Labute approximate surface area is 129 Å². The zero-order valence-corrected chi connectivity index (χ0v) is 13.7. The predicted molar refractivity (Wildman–Crippen MR) is 85.5 cm³/mol. The Hall–Kier alpha value is -0.870. The summed E-state index contributed by atoms with van der Waals surface area (Å²) in [4.78, 5) is 12.0. The minimum Gasteiger partial charge on any atom is -0.354 e. The molecule has 0 saturated heterocycles. The number of carbonyl (C=O) groups is 1. The molecule has 1 aliphatic carbocycles. The van der Waals surface area contributed by atoms with E-state index in [1.807, 2.05) is 13.8 Å².